The second kappa shape index (κ2) is 9.44. The van der Waals surface area contributed by atoms with Gasteiger partial charge in [-0.05, 0) is 56.2 Å². The SMILES string of the molecule is Cc1ccc(S(=O)(=O)CCC(=O)N(CCn2cccn2)c2nc3c(C)cc(C)cc3s2)cc1. The predicted molar refractivity (Wildman–Crippen MR) is 132 cm³/mol. The van der Waals surface area contributed by atoms with Gasteiger partial charge < -0.3 is 0 Å². The van der Waals surface area contributed by atoms with Crippen molar-refractivity contribution in [2.45, 2.75) is 38.6 Å². The number of anilines is 1. The lowest BCUT2D eigenvalue weighted by molar-refractivity contribution is -0.118. The van der Waals surface area contributed by atoms with E-state index in [2.05, 4.69) is 17.2 Å². The van der Waals surface area contributed by atoms with Crippen molar-refractivity contribution in [1.29, 1.82) is 0 Å². The van der Waals surface area contributed by atoms with Crippen molar-refractivity contribution < 1.29 is 13.2 Å². The zero-order valence-corrected chi connectivity index (χ0v) is 20.5. The molecule has 0 spiro atoms. The Balaban J connectivity index is 1.58. The van der Waals surface area contributed by atoms with Crippen molar-refractivity contribution in [3.8, 4) is 0 Å². The van der Waals surface area contributed by atoms with E-state index in [1.54, 1.807) is 40.0 Å². The number of sulfone groups is 1. The highest BCUT2D eigenvalue weighted by Crippen LogP contribution is 2.32. The first kappa shape index (κ1) is 23.1. The minimum absolute atomic E-state index is 0.122. The average molecular weight is 483 g/mol. The van der Waals surface area contributed by atoms with Gasteiger partial charge in [0.2, 0.25) is 5.91 Å². The molecule has 0 saturated carbocycles. The molecule has 172 valence electrons. The molecule has 0 bridgehead atoms. The largest absolute Gasteiger partial charge is 0.286 e. The third-order valence-corrected chi connectivity index (χ3v) is 8.18. The van der Waals surface area contributed by atoms with E-state index in [0.29, 0.717) is 18.2 Å². The van der Waals surface area contributed by atoms with Crippen molar-refractivity contribution in [1.82, 2.24) is 14.8 Å². The lowest BCUT2D eigenvalue weighted by atomic mass is 10.1. The molecule has 2 aromatic carbocycles. The van der Waals surface area contributed by atoms with E-state index in [0.717, 1.165) is 26.9 Å². The van der Waals surface area contributed by atoms with E-state index in [9.17, 15) is 13.2 Å². The molecule has 0 unspecified atom stereocenters. The van der Waals surface area contributed by atoms with E-state index in [1.165, 1.54) is 11.3 Å². The smallest absolute Gasteiger partial charge is 0.229 e. The van der Waals surface area contributed by atoms with Crippen LogP contribution in [0.5, 0.6) is 0 Å². The van der Waals surface area contributed by atoms with E-state index >= 15 is 0 Å². The molecule has 0 saturated heterocycles. The standard InChI is InChI=1S/C24H26N4O3S2/c1-17-5-7-20(8-6-17)33(30,31)14-9-22(29)28(13-12-27-11-4-10-25-27)24-26-23-19(3)15-18(2)16-21(23)32-24/h4-8,10-11,15-16H,9,12-14H2,1-3H3. The fourth-order valence-electron chi connectivity index (χ4n) is 3.66. The highest BCUT2D eigenvalue weighted by Gasteiger charge is 2.23. The highest BCUT2D eigenvalue weighted by molar-refractivity contribution is 7.91. The number of benzene rings is 2. The second-order valence-electron chi connectivity index (χ2n) is 8.12. The van der Waals surface area contributed by atoms with Gasteiger partial charge in [-0.2, -0.15) is 5.10 Å². The maximum atomic E-state index is 13.3. The molecule has 0 aliphatic rings. The van der Waals surface area contributed by atoms with Gasteiger partial charge in [0, 0.05) is 25.4 Å². The molecule has 0 aliphatic carbocycles. The first-order valence-electron chi connectivity index (χ1n) is 10.7. The molecular weight excluding hydrogens is 456 g/mol. The van der Waals surface area contributed by atoms with Crippen LogP contribution >= 0.6 is 11.3 Å². The van der Waals surface area contributed by atoms with Crippen LogP contribution < -0.4 is 4.90 Å². The summed E-state index contributed by atoms with van der Waals surface area (Å²) in [5, 5.41) is 4.78. The molecule has 0 fully saturated rings. The minimum Gasteiger partial charge on any atom is -0.286 e. The Morgan fingerprint density at radius 3 is 2.55 bits per heavy atom. The zero-order valence-electron chi connectivity index (χ0n) is 18.9. The molecule has 7 nitrogen and oxygen atoms in total. The van der Waals surface area contributed by atoms with Crippen LogP contribution in [-0.4, -0.2) is 41.4 Å². The zero-order chi connectivity index (χ0) is 23.6. The molecule has 9 heteroatoms. The molecule has 0 N–H and O–H groups in total. The summed E-state index contributed by atoms with van der Waals surface area (Å²) in [6.07, 6.45) is 3.39. The number of hydrogen-bond donors (Lipinski definition) is 0. The fraction of sp³-hybridized carbons (Fsp3) is 0.292. The quantitative estimate of drug-likeness (QED) is 0.373. The van der Waals surface area contributed by atoms with Gasteiger partial charge in [0.05, 0.1) is 27.4 Å². The molecule has 0 radical (unpaired) electrons. The number of hydrogen-bond acceptors (Lipinski definition) is 6. The maximum Gasteiger partial charge on any atom is 0.229 e. The Morgan fingerprint density at radius 2 is 1.85 bits per heavy atom. The summed E-state index contributed by atoms with van der Waals surface area (Å²) in [5.41, 5.74) is 4.03. The van der Waals surface area contributed by atoms with Crippen molar-refractivity contribution >= 4 is 42.4 Å². The van der Waals surface area contributed by atoms with E-state index in [-0.39, 0.29) is 23.0 Å². The summed E-state index contributed by atoms with van der Waals surface area (Å²) in [6.45, 7) is 6.77. The van der Waals surface area contributed by atoms with Crippen LogP contribution in [0.4, 0.5) is 5.13 Å². The summed E-state index contributed by atoms with van der Waals surface area (Å²) >= 11 is 1.45. The van der Waals surface area contributed by atoms with Crippen molar-refractivity contribution in [3.63, 3.8) is 0 Å². The Morgan fingerprint density at radius 1 is 1.09 bits per heavy atom. The van der Waals surface area contributed by atoms with Crippen LogP contribution in [0.2, 0.25) is 0 Å². The molecule has 1 amide bonds. The first-order valence-corrected chi connectivity index (χ1v) is 13.1. The highest BCUT2D eigenvalue weighted by atomic mass is 32.2. The van der Waals surface area contributed by atoms with Crippen LogP contribution in [0.1, 0.15) is 23.1 Å². The van der Waals surface area contributed by atoms with Crippen LogP contribution in [0, 0.1) is 20.8 Å². The molecular formula is C24H26N4O3S2. The molecule has 4 aromatic rings. The van der Waals surface area contributed by atoms with Crippen LogP contribution in [0.15, 0.2) is 59.8 Å². The van der Waals surface area contributed by atoms with Gasteiger partial charge >= 0.3 is 0 Å². The average Bonchev–Trinajstić information content (AvgIpc) is 3.43. The molecule has 33 heavy (non-hydrogen) atoms. The number of carbonyl (C=O) groups excluding carboxylic acids is 1. The fourth-order valence-corrected chi connectivity index (χ4v) is 6.07. The first-order chi connectivity index (χ1) is 15.7. The number of rotatable bonds is 8. The summed E-state index contributed by atoms with van der Waals surface area (Å²) in [4.78, 5) is 19.8. The van der Waals surface area contributed by atoms with Crippen molar-refractivity contribution in [2.75, 3.05) is 17.2 Å². The maximum absolute atomic E-state index is 13.3. The number of thiazole rings is 1. The third-order valence-electron chi connectivity index (χ3n) is 5.43. The summed E-state index contributed by atoms with van der Waals surface area (Å²) in [5.74, 6) is -0.526. The van der Waals surface area contributed by atoms with Gasteiger partial charge in [-0.1, -0.05) is 35.1 Å². The lowest BCUT2D eigenvalue weighted by Gasteiger charge is -2.20. The van der Waals surface area contributed by atoms with Crippen LogP contribution in [-0.2, 0) is 21.2 Å². The normalized spacial score (nSPS) is 11.7. The lowest BCUT2D eigenvalue weighted by Crippen LogP contribution is -2.35. The Hall–Kier alpha value is -3.04. The van der Waals surface area contributed by atoms with Gasteiger partial charge in [0.15, 0.2) is 15.0 Å². The van der Waals surface area contributed by atoms with Crippen LogP contribution in [0.25, 0.3) is 10.2 Å². The Bertz CT molecular complexity index is 1380. The monoisotopic (exact) mass is 482 g/mol. The molecule has 0 aliphatic heterocycles. The molecule has 2 aromatic heterocycles. The Labute approximate surface area is 197 Å². The third kappa shape index (κ3) is 5.31. The summed E-state index contributed by atoms with van der Waals surface area (Å²) < 4.78 is 28.3. The van der Waals surface area contributed by atoms with Gasteiger partial charge in [0.25, 0.3) is 0 Å². The number of amides is 1. The van der Waals surface area contributed by atoms with Gasteiger partial charge in [-0.25, -0.2) is 13.4 Å². The van der Waals surface area contributed by atoms with E-state index in [4.69, 9.17) is 4.98 Å². The number of carbonyl (C=O) groups is 1. The summed E-state index contributed by atoms with van der Waals surface area (Å²) in [6, 6.07) is 12.6. The van der Waals surface area contributed by atoms with Gasteiger partial charge in [0.1, 0.15) is 0 Å². The number of aryl methyl sites for hydroxylation is 3. The van der Waals surface area contributed by atoms with Crippen LogP contribution in [0.3, 0.4) is 0 Å². The number of aromatic nitrogens is 3. The topological polar surface area (TPSA) is 85.2 Å². The minimum atomic E-state index is -3.56. The van der Waals surface area contributed by atoms with Gasteiger partial charge in [-0.15, -0.1) is 0 Å². The van der Waals surface area contributed by atoms with E-state index < -0.39 is 9.84 Å². The molecule has 4 rings (SSSR count). The number of nitrogens with zero attached hydrogens (tertiary/aromatic N) is 4. The molecule has 2 heterocycles. The van der Waals surface area contributed by atoms with Crippen molar-refractivity contribution in [2.24, 2.45) is 0 Å². The van der Waals surface area contributed by atoms with E-state index in [1.807, 2.05) is 33.0 Å². The molecule has 0 atom stereocenters. The van der Waals surface area contributed by atoms with Gasteiger partial charge in [-0.3, -0.25) is 14.4 Å². The summed E-state index contributed by atoms with van der Waals surface area (Å²) in [7, 11) is -3.56. The van der Waals surface area contributed by atoms with Crippen molar-refractivity contribution in [3.05, 3.63) is 71.5 Å². The Kier molecular flexibility index (Phi) is 6.62. The number of fused-ring (bicyclic) bond motifs is 1. The predicted octanol–water partition coefficient (Wildman–Crippen LogP) is 4.32. The second-order valence-corrected chi connectivity index (χ2v) is 11.2.